The summed E-state index contributed by atoms with van der Waals surface area (Å²) in [6.45, 7) is -0.974. The lowest BCUT2D eigenvalue weighted by molar-refractivity contribution is -0.147. The van der Waals surface area contributed by atoms with Crippen LogP contribution in [0.5, 0.6) is 0 Å². The fourth-order valence-corrected chi connectivity index (χ4v) is 3.00. The van der Waals surface area contributed by atoms with Crippen LogP contribution in [0.4, 0.5) is 13.2 Å². The van der Waals surface area contributed by atoms with Crippen LogP contribution < -0.4 is 0 Å². The second-order valence-electron chi connectivity index (χ2n) is 4.07. The molecule has 2 rings (SSSR count). The smallest absolute Gasteiger partial charge is 0.451 e. The minimum atomic E-state index is -4.67. The van der Waals surface area contributed by atoms with Gasteiger partial charge in [0.1, 0.15) is 5.82 Å². The van der Waals surface area contributed by atoms with E-state index < -0.39 is 40.3 Å². The zero-order valence-corrected chi connectivity index (χ0v) is 10.6. The molecule has 0 radical (unpaired) electrons. The highest BCUT2D eigenvalue weighted by molar-refractivity contribution is 7.89. The van der Waals surface area contributed by atoms with E-state index in [1.807, 2.05) is 0 Å². The van der Waals surface area contributed by atoms with Crippen molar-refractivity contribution in [3.05, 3.63) is 11.6 Å². The molecule has 0 bridgehead atoms. The SMILES string of the molecule is O=C(O)CS(=O)(=O)N1CCn2c(nnc2C(F)(F)F)C1. The van der Waals surface area contributed by atoms with Crippen molar-refractivity contribution in [2.75, 3.05) is 12.3 Å². The predicted molar refractivity (Wildman–Crippen MR) is 56.9 cm³/mol. The lowest BCUT2D eigenvalue weighted by atomic mass is 10.4. The van der Waals surface area contributed by atoms with Crippen LogP contribution in [0, 0.1) is 0 Å². The standard InChI is InChI=1S/C8H9F3N4O4S/c9-8(10,11)7-13-12-5-3-14(1-2-15(5)7)20(18,19)4-6(16)17/h1-4H2,(H,16,17). The van der Waals surface area contributed by atoms with Gasteiger partial charge in [-0.05, 0) is 0 Å². The molecule has 0 atom stereocenters. The van der Waals surface area contributed by atoms with Crippen molar-refractivity contribution in [2.45, 2.75) is 19.3 Å². The van der Waals surface area contributed by atoms with Gasteiger partial charge in [-0.1, -0.05) is 0 Å². The number of hydrogen-bond acceptors (Lipinski definition) is 5. The van der Waals surface area contributed by atoms with Crippen LogP contribution in [0.2, 0.25) is 0 Å². The molecule has 1 aliphatic heterocycles. The van der Waals surface area contributed by atoms with Gasteiger partial charge in [-0.15, -0.1) is 10.2 Å². The number of carbonyl (C=O) groups is 1. The summed E-state index contributed by atoms with van der Waals surface area (Å²) in [7, 11) is -4.08. The van der Waals surface area contributed by atoms with E-state index in [9.17, 15) is 26.4 Å². The molecular formula is C8H9F3N4O4S. The number of sulfonamides is 1. The Hall–Kier alpha value is -1.69. The number of aromatic nitrogens is 3. The van der Waals surface area contributed by atoms with Crippen molar-refractivity contribution in [3.8, 4) is 0 Å². The fraction of sp³-hybridized carbons (Fsp3) is 0.625. The summed E-state index contributed by atoms with van der Waals surface area (Å²) in [5.41, 5.74) is 0. The summed E-state index contributed by atoms with van der Waals surface area (Å²) in [5.74, 6) is -4.01. The first-order valence-corrected chi connectivity index (χ1v) is 6.91. The van der Waals surface area contributed by atoms with E-state index in [0.717, 1.165) is 8.87 Å². The van der Waals surface area contributed by atoms with Gasteiger partial charge in [0.25, 0.3) is 0 Å². The molecule has 1 aromatic heterocycles. The van der Waals surface area contributed by atoms with E-state index >= 15 is 0 Å². The summed E-state index contributed by atoms with van der Waals surface area (Å²) in [5, 5.41) is 14.8. The monoisotopic (exact) mass is 314 g/mol. The molecule has 0 saturated heterocycles. The largest absolute Gasteiger partial charge is 0.480 e. The van der Waals surface area contributed by atoms with Gasteiger partial charge in [0, 0.05) is 13.1 Å². The van der Waals surface area contributed by atoms with E-state index in [4.69, 9.17) is 5.11 Å². The second kappa shape index (κ2) is 4.70. The van der Waals surface area contributed by atoms with Gasteiger partial charge in [0.2, 0.25) is 15.8 Å². The molecule has 0 saturated carbocycles. The molecule has 20 heavy (non-hydrogen) atoms. The number of rotatable bonds is 3. The van der Waals surface area contributed by atoms with Gasteiger partial charge in [0.05, 0.1) is 6.54 Å². The number of nitrogens with zero attached hydrogens (tertiary/aromatic N) is 4. The van der Waals surface area contributed by atoms with E-state index in [2.05, 4.69) is 10.2 Å². The Morgan fingerprint density at radius 1 is 1.30 bits per heavy atom. The maximum absolute atomic E-state index is 12.6. The number of carboxylic acid groups (broad SMARTS) is 1. The maximum atomic E-state index is 12.6. The van der Waals surface area contributed by atoms with Gasteiger partial charge < -0.3 is 9.67 Å². The van der Waals surface area contributed by atoms with Gasteiger partial charge in [-0.2, -0.15) is 17.5 Å². The van der Waals surface area contributed by atoms with Crippen LogP contribution in [0.1, 0.15) is 11.6 Å². The number of aliphatic carboxylic acids is 1. The van der Waals surface area contributed by atoms with Gasteiger partial charge >= 0.3 is 12.1 Å². The lowest BCUT2D eigenvalue weighted by Crippen LogP contribution is -2.41. The molecule has 2 heterocycles. The number of hydrogen-bond donors (Lipinski definition) is 1. The van der Waals surface area contributed by atoms with E-state index in [1.165, 1.54) is 0 Å². The van der Waals surface area contributed by atoms with E-state index in [-0.39, 0.29) is 18.9 Å². The number of carboxylic acids is 1. The van der Waals surface area contributed by atoms with Crippen LogP contribution in [-0.2, 0) is 34.1 Å². The average molecular weight is 314 g/mol. The molecular weight excluding hydrogens is 305 g/mol. The molecule has 1 aliphatic rings. The van der Waals surface area contributed by atoms with E-state index in [1.54, 1.807) is 0 Å². The molecule has 1 aromatic rings. The highest BCUT2D eigenvalue weighted by atomic mass is 32.2. The zero-order valence-electron chi connectivity index (χ0n) is 9.83. The molecule has 0 spiro atoms. The number of alkyl halides is 3. The van der Waals surface area contributed by atoms with Crippen molar-refractivity contribution < 1.29 is 31.5 Å². The Labute approximate surface area is 110 Å². The zero-order chi connectivity index (χ0) is 15.1. The van der Waals surface area contributed by atoms with Crippen molar-refractivity contribution in [2.24, 2.45) is 0 Å². The van der Waals surface area contributed by atoms with Gasteiger partial charge in [0.15, 0.2) is 5.75 Å². The van der Waals surface area contributed by atoms with Crippen molar-refractivity contribution >= 4 is 16.0 Å². The molecule has 1 N–H and O–H groups in total. The maximum Gasteiger partial charge on any atom is 0.451 e. The summed E-state index contributed by atoms with van der Waals surface area (Å²) < 4.78 is 62.7. The topological polar surface area (TPSA) is 105 Å². The summed E-state index contributed by atoms with van der Waals surface area (Å²) >= 11 is 0. The fourth-order valence-electron chi connectivity index (χ4n) is 1.83. The van der Waals surface area contributed by atoms with Crippen molar-refractivity contribution in [1.82, 2.24) is 19.1 Å². The Kier molecular flexibility index (Phi) is 3.46. The lowest BCUT2D eigenvalue weighted by Gasteiger charge is -2.26. The predicted octanol–water partition coefficient (Wildman–Crippen LogP) is -0.473. The summed E-state index contributed by atoms with van der Waals surface area (Å²) in [6, 6.07) is 0. The Morgan fingerprint density at radius 2 is 1.95 bits per heavy atom. The number of halogens is 3. The molecule has 0 unspecified atom stereocenters. The van der Waals surface area contributed by atoms with Crippen LogP contribution >= 0.6 is 0 Å². The second-order valence-corrected chi connectivity index (χ2v) is 6.04. The van der Waals surface area contributed by atoms with Crippen LogP contribution in [-0.4, -0.2) is 50.9 Å². The third-order valence-corrected chi connectivity index (χ3v) is 4.38. The van der Waals surface area contributed by atoms with Crippen molar-refractivity contribution in [1.29, 1.82) is 0 Å². The number of fused-ring (bicyclic) bond motifs is 1. The third-order valence-electron chi connectivity index (χ3n) is 2.67. The Morgan fingerprint density at radius 3 is 2.50 bits per heavy atom. The molecule has 12 heteroatoms. The Balaban J connectivity index is 2.25. The normalized spacial score (nSPS) is 16.9. The van der Waals surface area contributed by atoms with Gasteiger partial charge in [-0.3, -0.25) is 4.79 Å². The highest BCUT2D eigenvalue weighted by Crippen LogP contribution is 2.29. The highest BCUT2D eigenvalue weighted by Gasteiger charge is 2.40. The average Bonchev–Trinajstić information content (AvgIpc) is 2.68. The van der Waals surface area contributed by atoms with Crippen molar-refractivity contribution in [3.63, 3.8) is 0 Å². The summed E-state index contributed by atoms with van der Waals surface area (Å²) in [6.07, 6.45) is -4.67. The van der Waals surface area contributed by atoms with Crippen LogP contribution in [0.25, 0.3) is 0 Å². The molecule has 8 nitrogen and oxygen atoms in total. The quantitative estimate of drug-likeness (QED) is 0.808. The molecule has 0 aromatic carbocycles. The Bertz CT molecular complexity index is 639. The van der Waals surface area contributed by atoms with Gasteiger partial charge in [-0.25, -0.2) is 8.42 Å². The molecule has 0 aliphatic carbocycles. The molecule has 112 valence electrons. The first-order valence-electron chi connectivity index (χ1n) is 5.30. The van der Waals surface area contributed by atoms with Crippen LogP contribution in [0.3, 0.4) is 0 Å². The first kappa shape index (κ1) is 14.7. The minimum Gasteiger partial charge on any atom is -0.480 e. The van der Waals surface area contributed by atoms with Crippen LogP contribution in [0.15, 0.2) is 0 Å². The van der Waals surface area contributed by atoms with E-state index in [0.29, 0.717) is 0 Å². The molecule has 0 fully saturated rings. The molecule has 0 amide bonds. The minimum absolute atomic E-state index is 0.169. The third kappa shape index (κ3) is 2.75. The first-order chi connectivity index (χ1) is 9.11. The summed E-state index contributed by atoms with van der Waals surface area (Å²) in [4.78, 5) is 10.5.